The molecule has 1 saturated heterocycles. The van der Waals surface area contributed by atoms with Gasteiger partial charge in [-0.3, -0.25) is 4.79 Å². The van der Waals surface area contributed by atoms with Crippen LogP contribution in [0, 0.1) is 12.8 Å². The minimum Gasteiger partial charge on any atom is -0.326 e. The summed E-state index contributed by atoms with van der Waals surface area (Å²) in [5.74, 6) is -1.20. The molecule has 0 radical (unpaired) electrons. The lowest BCUT2D eigenvalue weighted by Crippen LogP contribution is -2.44. The van der Waals surface area contributed by atoms with Gasteiger partial charge in [0.05, 0.1) is 26.6 Å². The molecular weight excluding hydrogens is 573 g/mol. The summed E-state index contributed by atoms with van der Waals surface area (Å²) in [5, 5.41) is 3.36. The van der Waals surface area contributed by atoms with Gasteiger partial charge in [0.1, 0.15) is 0 Å². The van der Waals surface area contributed by atoms with E-state index in [2.05, 4.69) is 20.0 Å². The van der Waals surface area contributed by atoms with Gasteiger partial charge in [-0.1, -0.05) is 29.3 Å². The standard InChI is InChI=1S/C24H25Cl2N5O5S2/c1-16-10-11-27-24(28-16)30-38(35,36)20-7-5-19(6-8-20)29-23(32)18-3-2-12-31(14-18)37(33,34)15-17-4-9-21(25)22(26)13-17/h4-11,13,18H,2-3,12,14-15H2,1H3,(H,29,32)(H,27,28,30)/t18-/m0/s1. The molecular formula is C24H25Cl2N5O5S2. The second-order valence-corrected chi connectivity index (χ2v) is 13.3. The first-order valence-corrected chi connectivity index (χ1v) is 15.4. The molecule has 10 nitrogen and oxygen atoms in total. The number of hydrogen-bond donors (Lipinski definition) is 2. The average Bonchev–Trinajstić information content (AvgIpc) is 2.86. The number of nitrogens with one attached hydrogen (secondary N) is 2. The Labute approximate surface area is 231 Å². The van der Waals surface area contributed by atoms with Crippen LogP contribution in [-0.2, 0) is 30.6 Å². The summed E-state index contributed by atoms with van der Waals surface area (Å²) in [7, 11) is -7.62. The van der Waals surface area contributed by atoms with E-state index in [0.717, 1.165) is 0 Å². The maximum Gasteiger partial charge on any atom is 0.264 e. The number of sulfonamides is 2. The van der Waals surface area contributed by atoms with E-state index < -0.39 is 26.0 Å². The molecule has 14 heteroatoms. The number of aromatic nitrogens is 2. The summed E-state index contributed by atoms with van der Waals surface area (Å²) in [5.41, 5.74) is 1.50. The summed E-state index contributed by atoms with van der Waals surface area (Å²) >= 11 is 11.9. The number of benzene rings is 2. The topological polar surface area (TPSA) is 138 Å². The Morgan fingerprint density at radius 2 is 1.79 bits per heavy atom. The summed E-state index contributed by atoms with van der Waals surface area (Å²) in [6.07, 6.45) is 2.50. The first-order valence-electron chi connectivity index (χ1n) is 11.6. The molecule has 2 N–H and O–H groups in total. The van der Waals surface area contributed by atoms with E-state index in [1.165, 1.54) is 40.8 Å². The molecule has 1 aromatic heterocycles. The van der Waals surface area contributed by atoms with Crippen LogP contribution in [0.25, 0.3) is 0 Å². The highest BCUT2D eigenvalue weighted by Gasteiger charge is 2.32. The summed E-state index contributed by atoms with van der Waals surface area (Å²) in [6.45, 7) is 2.08. The molecule has 4 rings (SSSR count). The van der Waals surface area contributed by atoms with Gasteiger partial charge >= 0.3 is 0 Å². The Morgan fingerprint density at radius 1 is 1.05 bits per heavy atom. The predicted molar refractivity (Wildman–Crippen MR) is 146 cm³/mol. The zero-order valence-electron chi connectivity index (χ0n) is 20.3. The van der Waals surface area contributed by atoms with Gasteiger partial charge in [-0.15, -0.1) is 0 Å². The van der Waals surface area contributed by atoms with Gasteiger partial charge in [-0.25, -0.2) is 35.8 Å². The number of aryl methyl sites for hydroxylation is 1. The molecule has 1 fully saturated rings. The monoisotopic (exact) mass is 597 g/mol. The molecule has 38 heavy (non-hydrogen) atoms. The van der Waals surface area contributed by atoms with E-state index in [9.17, 15) is 21.6 Å². The summed E-state index contributed by atoms with van der Waals surface area (Å²) in [6, 6.07) is 11.9. The quantitative estimate of drug-likeness (QED) is 0.399. The third-order valence-electron chi connectivity index (χ3n) is 5.93. The molecule has 1 aliphatic heterocycles. The highest BCUT2D eigenvalue weighted by Crippen LogP contribution is 2.27. The van der Waals surface area contributed by atoms with Crippen molar-refractivity contribution >= 4 is 60.8 Å². The van der Waals surface area contributed by atoms with E-state index in [0.29, 0.717) is 41.4 Å². The molecule has 1 amide bonds. The van der Waals surface area contributed by atoms with E-state index in [4.69, 9.17) is 23.2 Å². The molecule has 0 unspecified atom stereocenters. The van der Waals surface area contributed by atoms with E-state index >= 15 is 0 Å². The van der Waals surface area contributed by atoms with Gasteiger partial charge in [-0.05, 0) is 67.8 Å². The normalized spacial score (nSPS) is 16.7. The Bertz CT molecular complexity index is 1550. The van der Waals surface area contributed by atoms with Crippen LogP contribution in [0.1, 0.15) is 24.1 Å². The minimum absolute atomic E-state index is 0.0298. The van der Waals surface area contributed by atoms with Crippen molar-refractivity contribution in [2.24, 2.45) is 5.92 Å². The van der Waals surface area contributed by atoms with Crippen molar-refractivity contribution in [1.29, 1.82) is 0 Å². The number of carbonyl (C=O) groups is 1. The third-order valence-corrected chi connectivity index (χ3v) is 9.83. The molecule has 1 atom stereocenters. The van der Waals surface area contributed by atoms with Crippen molar-refractivity contribution in [2.45, 2.75) is 30.4 Å². The molecule has 0 spiro atoms. The van der Waals surface area contributed by atoms with E-state index in [1.807, 2.05) is 0 Å². The minimum atomic E-state index is -3.93. The Balaban J connectivity index is 1.38. The van der Waals surface area contributed by atoms with Gasteiger partial charge in [0.25, 0.3) is 10.0 Å². The van der Waals surface area contributed by atoms with Crippen LogP contribution < -0.4 is 10.0 Å². The number of halogens is 2. The molecule has 0 aliphatic carbocycles. The summed E-state index contributed by atoms with van der Waals surface area (Å²) < 4.78 is 54.9. The fraction of sp³-hybridized carbons (Fsp3) is 0.292. The van der Waals surface area contributed by atoms with Crippen molar-refractivity contribution in [2.75, 3.05) is 23.1 Å². The van der Waals surface area contributed by atoms with Crippen molar-refractivity contribution in [3.05, 3.63) is 76.0 Å². The van der Waals surface area contributed by atoms with Gasteiger partial charge in [0.15, 0.2) is 0 Å². The lowest BCUT2D eigenvalue weighted by atomic mass is 9.99. The second kappa shape index (κ2) is 11.5. The second-order valence-electron chi connectivity index (χ2n) is 8.84. The number of carbonyl (C=O) groups excluding carboxylic acids is 1. The van der Waals surface area contributed by atoms with Crippen molar-refractivity contribution < 1.29 is 21.6 Å². The van der Waals surface area contributed by atoms with Crippen LogP contribution in [0.3, 0.4) is 0 Å². The summed E-state index contributed by atoms with van der Waals surface area (Å²) in [4.78, 5) is 20.8. The van der Waals surface area contributed by atoms with Crippen LogP contribution in [0.4, 0.5) is 11.6 Å². The molecule has 3 aromatic rings. The predicted octanol–water partition coefficient (Wildman–Crippen LogP) is 4.07. The number of hydrogen-bond acceptors (Lipinski definition) is 7. The lowest BCUT2D eigenvalue weighted by molar-refractivity contribution is -0.120. The smallest absolute Gasteiger partial charge is 0.264 e. The van der Waals surface area contributed by atoms with Gasteiger partial charge in [-0.2, -0.15) is 0 Å². The Morgan fingerprint density at radius 3 is 2.47 bits per heavy atom. The first-order chi connectivity index (χ1) is 17.9. The number of rotatable bonds is 8. The van der Waals surface area contributed by atoms with Crippen LogP contribution in [0.2, 0.25) is 10.0 Å². The maximum absolute atomic E-state index is 13.0. The molecule has 2 aromatic carbocycles. The Hall–Kier alpha value is -2.77. The zero-order valence-corrected chi connectivity index (χ0v) is 23.4. The number of amides is 1. The first kappa shape index (κ1) is 28.2. The molecule has 0 bridgehead atoms. The number of nitrogens with zero attached hydrogens (tertiary/aromatic N) is 3. The number of anilines is 2. The van der Waals surface area contributed by atoms with Gasteiger partial charge in [0, 0.05) is 30.7 Å². The number of piperidine rings is 1. The highest BCUT2D eigenvalue weighted by atomic mass is 35.5. The molecule has 202 valence electrons. The van der Waals surface area contributed by atoms with E-state index in [1.54, 1.807) is 25.1 Å². The van der Waals surface area contributed by atoms with Crippen molar-refractivity contribution in [3.63, 3.8) is 0 Å². The average molecular weight is 599 g/mol. The zero-order chi connectivity index (χ0) is 27.5. The third kappa shape index (κ3) is 7.00. The van der Waals surface area contributed by atoms with Crippen molar-refractivity contribution in [1.82, 2.24) is 14.3 Å². The van der Waals surface area contributed by atoms with Crippen molar-refractivity contribution in [3.8, 4) is 0 Å². The fourth-order valence-corrected chi connectivity index (χ4v) is 6.85. The van der Waals surface area contributed by atoms with Crippen LogP contribution in [0.15, 0.2) is 59.6 Å². The van der Waals surface area contributed by atoms with E-state index in [-0.39, 0.29) is 34.1 Å². The fourth-order valence-electron chi connectivity index (χ4n) is 3.98. The van der Waals surface area contributed by atoms with Gasteiger partial charge < -0.3 is 5.32 Å². The largest absolute Gasteiger partial charge is 0.326 e. The van der Waals surface area contributed by atoms with Crippen LogP contribution >= 0.6 is 23.2 Å². The lowest BCUT2D eigenvalue weighted by Gasteiger charge is -2.31. The molecule has 2 heterocycles. The molecule has 0 saturated carbocycles. The highest BCUT2D eigenvalue weighted by molar-refractivity contribution is 7.92. The van der Waals surface area contributed by atoms with Gasteiger partial charge in [0.2, 0.25) is 21.9 Å². The van der Waals surface area contributed by atoms with Crippen LogP contribution in [-0.4, -0.2) is 50.1 Å². The molecule has 1 aliphatic rings. The maximum atomic E-state index is 13.0. The SMILES string of the molecule is Cc1ccnc(NS(=O)(=O)c2ccc(NC(=O)[C@H]3CCCN(S(=O)(=O)Cc4ccc(Cl)c(Cl)c4)C3)cc2)n1. The van der Waals surface area contributed by atoms with Crippen LogP contribution in [0.5, 0.6) is 0 Å². The Kier molecular flexibility index (Phi) is 8.58.